The lowest BCUT2D eigenvalue weighted by Gasteiger charge is -2.23. The first kappa shape index (κ1) is 14.7. The van der Waals surface area contributed by atoms with E-state index < -0.39 is 0 Å². The van der Waals surface area contributed by atoms with E-state index in [0.29, 0.717) is 11.8 Å². The van der Waals surface area contributed by atoms with E-state index in [9.17, 15) is 0 Å². The van der Waals surface area contributed by atoms with Gasteiger partial charge in [-0.25, -0.2) is 9.97 Å². The van der Waals surface area contributed by atoms with Gasteiger partial charge in [0.15, 0.2) is 0 Å². The van der Waals surface area contributed by atoms with Crippen LogP contribution in [0, 0.1) is 5.92 Å². The van der Waals surface area contributed by atoms with E-state index in [4.69, 9.17) is 0 Å². The van der Waals surface area contributed by atoms with E-state index in [2.05, 4.69) is 54.9 Å². The van der Waals surface area contributed by atoms with Crippen molar-refractivity contribution in [3.05, 3.63) is 11.9 Å². The largest absolute Gasteiger partial charge is 0.373 e. The average Bonchev–Trinajstić information content (AvgIpc) is 2.37. The molecule has 0 radical (unpaired) electrons. The number of anilines is 2. The van der Waals surface area contributed by atoms with E-state index in [1.54, 1.807) is 0 Å². The fourth-order valence-corrected chi connectivity index (χ4v) is 1.72. The molecule has 0 bridgehead atoms. The Morgan fingerprint density at radius 2 is 1.94 bits per heavy atom. The number of nitrogens with zero attached hydrogens (tertiary/aromatic N) is 3. The van der Waals surface area contributed by atoms with Gasteiger partial charge in [-0.1, -0.05) is 34.1 Å². The molecule has 1 N–H and O–H groups in total. The van der Waals surface area contributed by atoms with Crippen molar-refractivity contribution in [2.24, 2.45) is 5.92 Å². The molecule has 0 spiro atoms. The Labute approximate surface area is 111 Å². The van der Waals surface area contributed by atoms with Gasteiger partial charge in [0.1, 0.15) is 17.5 Å². The lowest BCUT2D eigenvalue weighted by Crippen LogP contribution is -2.25. The molecule has 0 fully saturated rings. The second-order valence-corrected chi connectivity index (χ2v) is 5.27. The summed E-state index contributed by atoms with van der Waals surface area (Å²) >= 11 is 0. The second-order valence-electron chi connectivity index (χ2n) is 5.27. The minimum absolute atomic E-state index is 0.342. The normalized spacial score (nSPS) is 12.6. The summed E-state index contributed by atoms with van der Waals surface area (Å²) in [6.45, 7) is 9.74. The van der Waals surface area contributed by atoms with Gasteiger partial charge in [-0.2, -0.15) is 0 Å². The van der Waals surface area contributed by atoms with Gasteiger partial charge in [-0.15, -0.1) is 0 Å². The topological polar surface area (TPSA) is 41.0 Å². The van der Waals surface area contributed by atoms with Crippen molar-refractivity contribution in [1.82, 2.24) is 9.97 Å². The maximum absolute atomic E-state index is 4.64. The third-order valence-corrected chi connectivity index (χ3v) is 3.18. The van der Waals surface area contributed by atoms with Gasteiger partial charge < -0.3 is 10.2 Å². The van der Waals surface area contributed by atoms with Crippen molar-refractivity contribution >= 4 is 11.6 Å². The molecule has 1 atom stereocenters. The predicted molar refractivity (Wildman–Crippen MR) is 78.4 cm³/mol. The summed E-state index contributed by atoms with van der Waals surface area (Å²) in [5, 5.41) is 3.11. The van der Waals surface area contributed by atoms with Gasteiger partial charge in [0, 0.05) is 32.6 Å². The molecule has 1 aromatic rings. The van der Waals surface area contributed by atoms with Crippen LogP contribution in [-0.4, -0.2) is 30.6 Å². The van der Waals surface area contributed by atoms with Crippen molar-refractivity contribution in [2.75, 3.05) is 30.9 Å². The molecule has 18 heavy (non-hydrogen) atoms. The molecule has 4 heteroatoms. The number of rotatable bonds is 6. The zero-order chi connectivity index (χ0) is 13.7. The Kier molecular flexibility index (Phi) is 5.38. The Balaban J connectivity index is 2.96. The van der Waals surface area contributed by atoms with Gasteiger partial charge in [0.25, 0.3) is 0 Å². The van der Waals surface area contributed by atoms with Gasteiger partial charge in [0.05, 0.1) is 0 Å². The van der Waals surface area contributed by atoms with Gasteiger partial charge in [-0.05, 0) is 5.92 Å². The summed E-state index contributed by atoms with van der Waals surface area (Å²) in [5.74, 6) is 3.80. The van der Waals surface area contributed by atoms with Crippen LogP contribution in [0.15, 0.2) is 6.07 Å². The van der Waals surface area contributed by atoms with Crippen molar-refractivity contribution in [1.29, 1.82) is 0 Å². The average molecular weight is 250 g/mol. The molecule has 1 unspecified atom stereocenters. The highest BCUT2D eigenvalue weighted by Gasteiger charge is 2.12. The maximum atomic E-state index is 4.64. The van der Waals surface area contributed by atoms with Gasteiger partial charge in [-0.3, -0.25) is 0 Å². The number of nitrogens with one attached hydrogen (secondary N) is 1. The highest BCUT2D eigenvalue weighted by molar-refractivity contribution is 5.49. The van der Waals surface area contributed by atoms with Crippen LogP contribution in [0.2, 0.25) is 0 Å². The van der Waals surface area contributed by atoms with Gasteiger partial charge >= 0.3 is 0 Å². The molecule has 0 saturated heterocycles. The van der Waals surface area contributed by atoms with Crippen molar-refractivity contribution in [3.63, 3.8) is 0 Å². The van der Waals surface area contributed by atoms with Crippen molar-refractivity contribution in [2.45, 2.75) is 40.0 Å². The first-order valence-corrected chi connectivity index (χ1v) is 6.75. The monoisotopic (exact) mass is 250 g/mol. The number of aromatic nitrogens is 2. The first-order chi connectivity index (χ1) is 8.47. The molecule has 102 valence electrons. The molecular weight excluding hydrogens is 224 g/mol. The lowest BCUT2D eigenvalue weighted by molar-refractivity contribution is 0.556. The summed E-state index contributed by atoms with van der Waals surface area (Å²) in [6, 6.07) is 2.01. The Hall–Kier alpha value is -1.32. The van der Waals surface area contributed by atoms with Crippen LogP contribution in [-0.2, 0) is 0 Å². The molecule has 1 heterocycles. The molecule has 0 amide bonds. The lowest BCUT2D eigenvalue weighted by atomic mass is 10.1. The standard InChI is InChI=1S/C14H26N4/c1-7-11(4)9-18(6)13-8-12(15-5)16-14(17-13)10(2)3/h8,10-11H,7,9H2,1-6H3,(H,15,16,17). The van der Waals surface area contributed by atoms with Gasteiger partial charge in [0.2, 0.25) is 0 Å². The highest BCUT2D eigenvalue weighted by Crippen LogP contribution is 2.20. The van der Waals surface area contributed by atoms with E-state index in [0.717, 1.165) is 24.0 Å². The van der Waals surface area contributed by atoms with Crippen LogP contribution in [0.5, 0.6) is 0 Å². The molecule has 1 rings (SSSR count). The zero-order valence-electron chi connectivity index (χ0n) is 12.5. The summed E-state index contributed by atoms with van der Waals surface area (Å²) in [7, 11) is 3.99. The fourth-order valence-electron chi connectivity index (χ4n) is 1.72. The van der Waals surface area contributed by atoms with Crippen LogP contribution in [0.25, 0.3) is 0 Å². The highest BCUT2D eigenvalue weighted by atomic mass is 15.2. The third-order valence-electron chi connectivity index (χ3n) is 3.18. The summed E-state index contributed by atoms with van der Waals surface area (Å²) in [6.07, 6.45) is 1.19. The first-order valence-electron chi connectivity index (χ1n) is 6.75. The van der Waals surface area contributed by atoms with E-state index in [1.807, 2.05) is 13.1 Å². The molecule has 0 aliphatic carbocycles. The van der Waals surface area contributed by atoms with Crippen molar-refractivity contribution in [3.8, 4) is 0 Å². The molecule has 1 aromatic heterocycles. The molecule has 0 saturated carbocycles. The molecule has 0 aromatic carbocycles. The quantitative estimate of drug-likeness (QED) is 0.842. The zero-order valence-corrected chi connectivity index (χ0v) is 12.5. The van der Waals surface area contributed by atoms with Crippen LogP contribution in [0.1, 0.15) is 45.9 Å². The molecule has 0 aliphatic rings. The van der Waals surface area contributed by atoms with Crippen molar-refractivity contribution < 1.29 is 0 Å². The van der Waals surface area contributed by atoms with E-state index in [1.165, 1.54) is 6.42 Å². The van der Waals surface area contributed by atoms with Crippen LogP contribution in [0.3, 0.4) is 0 Å². The van der Waals surface area contributed by atoms with Crippen LogP contribution in [0.4, 0.5) is 11.6 Å². The fraction of sp³-hybridized carbons (Fsp3) is 0.714. The third kappa shape index (κ3) is 3.86. The number of hydrogen-bond acceptors (Lipinski definition) is 4. The molecule has 4 nitrogen and oxygen atoms in total. The summed E-state index contributed by atoms with van der Waals surface area (Å²) < 4.78 is 0. The van der Waals surface area contributed by atoms with Crippen LogP contribution >= 0.6 is 0 Å². The Morgan fingerprint density at radius 1 is 1.28 bits per heavy atom. The SMILES string of the molecule is CCC(C)CN(C)c1cc(NC)nc(C(C)C)n1. The number of hydrogen-bond donors (Lipinski definition) is 1. The summed E-state index contributed by atoms with van der Waals surface area (Å²) in [5.41, 5.74) is 0. The molecule has 0 aliphatic heterocycles. The molecular formula is C14H26N4. The second kappa shape index (κ2) is 6.57. The smallest absolute Gasteiger partial charge is 0.135 e. The Morgan fingerprint density at radius 3 is 2.44 bits per heavy atom. The van der Waals surface area contributed by atoms with Crippen LogP contribution < -0.4 is 10.2 Å². The van der Waals surface area contributed by atoms with E-state index in [-0.39, 0.29) is 0 Å². The minimum atomic E-state index is 0.342. The Bertz CT molecular complexity index is 376. The summed E-state index contributed by atoms with van der Waals surface area (Å²) in [4.78, 5) is 11.3. The van der Waals surface area contributed by atoms with E-state index >= 15 is 0 Å². The maximum Gasteiger partial charge on any atom is 0.135 e. The minimum Gasteiger partial charge on any atom is -0.373 e. The predicted octanol–water partition coefficient (Wildman–Crippen LogP) is 3.12.